The lowest BCUT2D eigenvalue weighted by Gasteiger charge is -2.06. The van der Waals surface area contributed by atoms with Crippen molar-refractivity contribution < 1.29 is 9.53 Å². The van der Waals surface area contributed by atoms with E-state index in [1.165, 1.54) is 0 Å². The van der Waals surface area contributed by atoms with Gasteiger partial charge in [-0.05, 0) is 19.4 Å². The number of aromatic nitrogens is 4. The molecular formula is C13H17BrN4O2. The smallest absolute Gasteiger partial charge is 0.358 e. The largest absolute Gasteiger partial charge is 0.461 e. The molecular weight excluding hydrogens is 324 g/mol. The van der Waals surface area contributed by atoms with Gasteiger partial charge in [0.05, 0.1) is 18.0 Å². The number of alkyl halides is 1. The predicted octanol–water partition coefficient (Wildman–Crippen LogP) is 2.25. The molecule has 0 spiro atoms. The van der Waals surface area contributed by atoms with Gasteiger partial charge in [0.2, 0.25) is 0 Å². The molecule has 0 aliphatic heterocycles. The Morgan fingerprint density at radius 3 is 2.85 bits per heavy atom. The third kappa shape index (κ3) is 3.09. The summed E-state index contributed by atoms with van der Waals surface area (Å²) in [7, 11) is 1.86. The van der Waals surface area contributed by atoms with Crippen molar-refractivity contribution in [1.29, 1.82) is 0 Å². The normalized spacial score (nSPS) is 10.8. The highest BCUT2D eigenvalue weighted by molar-refractivity contribution is 9.09. The van der Waals surface area contributed by atoms with Crippen LogP contribution in [-0.4, -0.2) is 37.5 Å². The molecule has 0 unspecified atom stereocenters. The Balaban J connectivity index is 2.37. The highest BCUT2D eigenvalue weighted by atomic mass is 79.9. The van der Waals surface area contributed by atoms with Crippen LogP contribution in [0.5, 0.6) is 0 Å². The number of hydrogen-bond donors (Lipinski definition) is 0. The molecule has 0 N–H and O–H groups in total. The van der Waals surface area contributed by atoms with Crippen molar-refractivity contribution >= 4 is 21.9 Å². The van der Waals surface area contributed by atoms with Crippen molar-refractivity contribution in [2.45, 2.75) is 19.9 Å². The van der Waals surface area contributed by atoms with Crippen LogP contribution in [0.15, 0.2) is 18.3 Å². The first-order valence-electron chi connectivity index (χ1n) is 6.46. The Morgan fingerprint density at radius 2 is 2.25 bits per heavy atom. The highest BCUT2D eigenvalue weighted by Gasteiger charge is 2.17. The molecule has 20 heavy (non-hydrogen) atoms. The molecule has 0 amide bonds. The van der Waals surface area contributed by atoms with Crippen LogP contribution in [0.3, 0.4) is 0 Å². The zero-order valence-corrected chi connectivity index (χ0v) is 13.1. The van der Waals surface area contributed by atoms with Gasteiger partial charge in [0.1, 0.15) is 0 Å². The first-order chi connectivity index (χ1) is 9.67. The van der Waals surface area contributed by atoms with E-state index in [0.29, 0.717) is 12.3 Å². The average Bonchev–Trinajstić information content (AvgIpc) is 3.02. The molecule has 6 nitrogen and oxygen atoms in total. The molecule has 2 rings (SSSR count). The lowest BCUT2D eigenvalue weighted by molar-refractivity contribution is 0.0518. The molecule has 7 heteroatoms. The third-order valence-corrected chi connectivity index (χ3v) is 3.41. The summed E-state index contributed by atoms with van der Waals surface area (Å²) in [5, 5.41) is 9.38. The molecule has 0 bridgehead atoms. The van der Waals surface area contributed by atoms with Crippen LogP contribution in [0.1, 0.15) is 23.8 Å². The topological polar surface area (TPSA) is 61.9 Å². The van der Waals surface area contributed by atoms with Gasteiger partial charge in [0, 0.05) is 31.2 Å². The van der Waals surface area contributed by atoms with E-state index < -0.39 is 5.97 Å². The lowest BCUT2D eigenvalue weighted by Crippen LogP contribution is -2.08. The number of carbonyl (C=O) groups is 1. The summed E-state index contributed by atoms with van der Waals surface area (Å²) >= 11 is 3.40. The van der Waals surface area contributed by atoms with E-state index in [9.17, 15) is 4.79 Å². The van der Waals surface area contributed by atoms with E-state index in [0.717, 1.165) is 29.7 Å². The van der Waals surface area contributed by atoms with E-state index in [1.54, 1.807) is 23.9 Å². The summed E-state index contributed by atoms with van der Waals surface area (Å²) in [4.78, 5) is 11.8. The first kappa shape index (κ1) is 14.8. The van der Waals surface area contributed by atoms with Gasteiger partial charge in [-0.2, -0.15) is 10.2 Å². The molecule has 0 atom stereocenters. The zero-order valence-electron chi connectivity index (χ0n) is 11.5. The van der Waals surface area contributed by atoms with Gasteiger partial charge < -0.3 is 4.74 Å². The maximum atomic E-state index is 11.8. The van der Waals surface area contributed by atoms with Crippen LogP contribution in [0, 0.1) is 0 Å². The SMILES string of the molecule is CCOC(=O)c1cc(-c2ccnn2C)n(CCCBr)n1. The number of carbonyl (C=O) groups excluding carboxylic acids is 1. The fourth-order valence-electron chi connectivity index (χ4n) is 1.93. The molecule has 0 radical (unpaired) electrons. The summed E-state index contributed by atoms with van der Waals surface area (Å²) in [6.45, 7) is 2.85. The van der Waals surface area contributed by atoms with Gasteiger partial charge in [-0.15, -0.1) is 0 Å². The van der Waals surface area contributed by atoms with Crippen LogP contribution in [-0.2, 0) is 18.3 Å². The van der Waals surface area contributed by atoms with E-state index >= 15 is 0 Å². The molecule has 108 valence electrons. The van der Waals surface area contributed by atoms with Crippen molar-refractivity contribution in [3.05, 3.63) is 24.0 Å². The Bertz CT molecular complexity index is 591. The summed E-state index contributed by atoms with van der Waals surface area (Å²) in [6, 6.07) is 3.65. The van der Waals surface area contributed by atoms with Crippen LogP contribution in [0.4, 0.5) is 0 Å². The Morgan fingerprint density at radius 1 is 1.45 bits per heavy atom. The summed E-state index contributed by atoms with van der Waals surface area (Å²) in [5.41, 5.74) is 2.12. The van der Waals surface area contributed by atoms with Crippen molar-refractivity contribution in [3.8, 4) is 11.4 Å². The number of nitrogens with zero attached hydrogens (tertiary/aromatic N) is 4. The molecule has 2 aromatic heterocycles. The molecule has 0 aromatic carbocycles. The summed E-state index contributed by atoms with van der Waals surface area (Å²) in [6.07, 6.45) is 2.65. The van der Waals surface area contributed by atoms with Crippen LogP contribution in [0.25, 0.3) is 11.4 Å². The second-order valence-corrected chi connectivity index (χ2v) is 5.03. The Hall–Kier alpha value is -1.63. The van der Waals surface area contributed by atoms with Gasteiger partial charge in [-0.1, -0.05) is 15.9 Å². The first-order valence-corrected chi connectivity index (χ1v) is 7.58. The van der Waals surface area contributed by atoms with Gasteiger partial charge in [-0.3, -0.25) is 9.36 Å². The quantitative estimate of drug-likeness (QED) is 0.597. The molecule has 0 aliphatic rings. The van der Waals surface area contributed by atoms with Crippen LogP contribution < -0.4 is 0 Å². The summed E-state index contributed by atoms with van der Waals surface area (Å²) < 4.78 is 8.59. The molecule has 0 fully saturated rings. The van der Waals surface area contributed by atoms with Gasteiger partial charge in [0.15, 0.2) is 5.69 Å². The molecule has 0 aliphatic carbocycles. The van der Waals surface area contributed by atoms with Crippen molar-refractivity contribution in [3.63, 3.8) is 0 Å². The number of halogens is 1. The van der Waals surface area contributed by atoms with Crippen LogP contribution in [0.2, 0.25) is 0 Å². The molecule has 0 saturated heterocycles. The van der Waals surface area contributed by atoms with Gasteiger partial charge in [0.25, 0.3) is 0 Å². The predicted molar refractivity (Wildman–Crippen MR) is 78.8 cm³/mol. The Kier molecular flexibility index (Phi) is 4.94. The molecule has 0 saturated carbocycles. The number of aryl methyl sites for hydroxylation is 2. The number of rotatable bonds is 6. The Labute approximate surface area is 125 Å². The van der Waals surface area contributed by atoms with E-state index in [2.05, 4.69) is 26.1 Å². The standard InChI is InChI=1S/C13H17BrN4O2/c1-3-20-13(19)10-9-12(11-5-7-15-17(11)2)18(16-10)8-4-6-14/h5,7,9H,3-4,6,8H2,1-2H3. The van der Waals surface area contributed by atoms with Crippen molar-refractivity contribution in [2.75, 3.05) is 11.9 Å². The van der Waals surface area contributed by atoms with E-state index in [-0.39, 0.29) is 0 Å². The fourth-order valence-corrected chi connectivity index (χ4v) is 2.18. The van der Waals surface area contributed by atoms with Gasteiger partial charge >= 0.3 is 5.97 Å². The maximum absolute atomic E-state index is 11.8. The third-order valence-electron chi connectivity index (χ3n) is 2.85. The monoisotopic (exact) mass is 340 g/mol. The maximum Gasteiger partial charge on any atom is 0.358 e. The minimum Gasteiger partial charge on any atom is -0.461 e. The van der Waals surface area contributed by atoms with E-state index in [1.807, 2.05) is 17.8 Å². The second kappa shape index (κ2) is 6.69. The summed E-state index contributed by atoms with van der Waals surface area (Å²) in [5.74, 6) is -0.395. The van der Waals surface area contributed by atoms with Gasteiger partial charge in [-0.25, -0.2) is 4.79 Å². The van der Waals surface area contributed by atoms with E-state index in [4.69, 9.17) is 4.74 Å². The number of esters is 1. The van der Waals surface area contributed by atoms with Crippen molar-refractivity contribution in [1.82, 2.24) is 19.6 Å². The number of ether oxygens (including phenoxy) is 1. The minimum atomic E-state index is -0.395. The van der Waals surface area contributed by atoms with Crippen molar-refractivity contribution in [2.24, 2.45) is 7.05 Å². The lowest BCUT2D eigenvalue weighted by atomic mass is 10.2. The fraction of sp³-hybridized carbons (Fsp3) is 0.462. The zero-order chi connectivity index (χ0) is 14.5. The molecule has 2 heterocycles. The van der Waals surface area contributed by atoms with Crippen LogP contribution >= 0.6 is 15.9 Å². The highest BCUT2D eigenvalue weighted by Crippen LogP contribution is 2.20. The average molecular weight is 341 g/mol. The minimum absolute atomic E-state index is 0.331. The number of hydrogen-bond acceptors (Lipinski definition) is 4. The second-order valence-electron chi connectivity index (χ2n) is 4.24. The molecule has 2 aromatic rings.